The molecule has 0 aromatic carbocycles. The molecule has 0 aromatic heterocycles. The van der Waals surface area contributed by atoms with E-state index in [1.54, 1.807) is 0 Å². The van der Waals surface area contributed by atoms with E-state index >= 15 is 0 Å². The number of aliphatic hydroxyl groups is 1. The largest absolute Gasteiger partial charge is 0.391 e. The smallest absolute Gasteiger partial charge is 0.0779 e. The van der Waals surface area contributed by atoms with Crippen LogP contribution in [0.25, 0.3) is 0 Å². The van der Waals surface area contributed by atoms with Crippen molar-refractivity contribution in [1.82, 2.24) is 0 Å². The van der Waals surface area contributed by atoms with Crippen LogP contribution in [0.15, 0.2) is 0 Å². The van der Waals surface area contributed by atoms with Crippen LogP contribution in [-0.2, 0) is 4.74 Å². The van der Waals surface area contributed by atoms with Gasteiger partial charge in [0.2, 0.25) is 0 Å². The van der Waals surface area contributed by atoms with Gasteiger partial charge in [-0.1, -0.05) is 20.8 Å². The van der Waals surface area contributed by atoms with Gasteiger partial charge in [-0.15, -0.1) is 0 Å². The van der Waals surface area contributed by atoms with Crippen LogP contribution in [0.2, 0.25) is 0 Å². The maximum absolute atomic E-state index is 10.4. The van der Waals surface area contributed by atoms with Crippen molar-refractivity contribution in [3.05, 3.63) is 0 Å². The second kappa shape index (κ2) is 4.98. The number of rotatable bonds is 6. The summed E-state index contributed by atoms with van der Waals surface area (Å²) in [5.74, 6) is 0.921. The Morgan fingerprint density at radius 2 is 1.75 bits per heavy atom. The molecule has 4 saturated carbocycles. The minimum Gasteiger partial charge on any atom is -0.391 e. The Balaban J connectivity index is 1.66. The fourth-order valence-electron chi connectivity index (χ4n) is 6.83. The van der Waals surface area contributed by atoms with E-state index in [9.17, 15) is 5.11 Å². The molecule has 3 atom stereocenters. The highest BCUT2D eigenvalue weighted by atomic mass is 16.5. The molecular weight excluding hydrogens is 248 g/mol. The fourth-order valence-corrected chi connectivity index (χ4v) is 6.83. The van der Waals surface area contributed by atoms with E-state index in [2.05, 4.69) is 20.8 Å². The zero-order valence-corrected chi connectivity index (χ0v) is 13.6. The Kier molecular flexibility index (Phi) is 3.70. The van der Waals surface area contributed by atoms with Crippen LogP contribution in [-0.4, -0.2) is 24.4 Å². The average Bonchev–Trinajstić information content (AvgIpc) is 2.22. The highest BCUT2D eigenvalue weighted by Crippen LogP contribution is 2.70. The van der Waals surface area contributed by atoms with Gasteiger partial charge in [-0.25, -0.2) is 0 Å². The summed E-state index contributed by atoms with van der Waals surface area (Å²) in [7, 11) is 0. The summed E-state index contributed by atoms with van der Waals surface area (Å²) in [6.07, 6.45) is 10.1. The summed E-state index contributed by atoms with van der Waals surface area (Å²) >= 11 is 0. The predicted molar refractivity (Wildman–Crippen MR) is 81.6 cm³/mol. The lowest BCUT2D eigenvalue weighted by Crippen LogP contribution is -2.55. The quantitative estimate of drug-likeness (QED) is 0.740. The molecule has 0 amide bonds. The summed E-state index contributed by atoms with van der Waals surface area (Å²) in [5, 5.41) is 10.4. The minimum atomic E-state index is -0.259. The van der Waals surface area contributed by atoms with Crippen LogP contribution in [0.5, 0.6) is 0 Å². The van der Waals surface area contributed by atoms with Crippen LogP contribution in [0, 0.1) is 22.2 Å². The third-order valence-corrected chi connectivity index (χ3v) is 6.07. The number of aliphatic hydroxyl groups excluding tert-OH is 1. The molecule has 0 heterocycles. The molecule has 4 fully saturated rings. The second-order valence-electron chi connectivity index (χ2n) is 9.06. The van der Waals surface area contributed by atoms with Crippen molar-refractivity contribution < 1.29 is 9.84 Å². The molecule has 4 rings (SSSR count). The van der Waals surface area contributed by atoms with Gasteiger partial charge in [-0.2, -0.15) is 0 Å². The summed E-state index contributed by atoms with van der Waals surface area (Å²) < 4.78 is 5.56. The minimum absolute atomic E-state index is 0.259. The lowest BCUT2D eigenvalue weighted by Gasteiger charge is -2.66. The van der Waals surface area contributed by atoms with Crippen molar-refractivity contribution >= 4 is 0 Å². The zero-order chi connectivity index (χ0) is 14.4. The SMILES string of the molecule is CCCOCC(O)CC12CC3CC(C)(CC(C)(C3)C1)C2. The first-order valence-corrected chi connectivity index (χ1v) is 8.62. The zero-order valence-electron chi connectivity index (χ0n) is 13.6. The first-order chi connectivity index (χ1) is 9.36. The summed E-state index contributed by atoms with van der Waals surface area (Å²) in [4.78, 5) is 0. The maximum Gasteiger partial charge on any atom is 0.0779 e. The molecule has 20 heavy (non-hydrogen) atoms. The molecule has 0 aromatic rings. The topological polar surface area (TPSA) is 29.5 Å². The van der Waals surface area contributed by atoms with Crippen LogP contribution in [0.4, 0.5) is 0 Å². The molecular formula is C18H32O2. The average molecular weight is 280 g/mol. The van der Waals surface area contributed by atoms with E-state index < -0.39 is 0 Å². The molecule has 4 bridgehead atoms. The Hall–Kier alpha value is -0.0800. The summed E-state index contributed by atoms with van der Waals surface area (Å²) in [6.45, 7) is 8.44. The van der Waals surface area contributed by atoms with E-state index in [0.717, 1.165) is 25.4 Å². The molecule has 0 spiro atoms. The number of hydrogen-bond donors (Lipinski definition) is 1. The molecule has 0 radical (unpaired) electrons. The Morgan fingerprint density at radius 3 is 2.30 bits per heavy atom. The first kappa shape index (κ1) is 14.8. The van der Waals surface area contributed by atoms with Gasteiger partial charge in [-0.05, 0) is 73.5 Å². The molecule has 2 nitrogen and oxygen atoms in total. The van der Waals surface area contributed by atoms with Crippen molar-refractivity contribution in [1.29, 1.82) is 0 Å². The molecule has 116 valence electrons. The standard InChI is InChI=1S/C18H32O2/c1-4-5-20-10-15(19)9-18-8-14-6-16(2,12-18)11-17(3,7-14)13-18/h14-15,19H,4-13H2,1-3H3. The van der Waals surface area contributed by atoms with E-state index in [1.165, 1.54) is 38.5 Å². The van der Waals surface area contributed by atoms with Gasteiger partial charge in [0.25, 0.3) is 0 Å². The Labute approximate surface area is 124 Å². The third-order valence-electron chi connectivity index (χ3n) is 6.07. The molecule has 0 saturated heterocycles. The fraction of sp³-hybridized carbons (Fsp3) is 1.00. The number of ether oxygens (including phenoxy) is 1. The maximum atomic E-state index is 10.4. The highest BCUT2D eigenvalue weighted by molar-refractivity contribution is 5.10. The highest BCUT2D eigenvalue weighted by Gasteiger charge is 2.60. The van der Waals surface area contributed by atoms with Crippen molar-refractivity contribution in [3.63, 3.8) is 0 Å². The van der Waals surface area contributed by atoms with Gasteiger partial charge in [0.1, 0.15) is 0 Å². The van der Waals surface area contributed by atoms with Crippen molar-refractivity contribution in [2.75, 3.05) is 13.2 Å². The van der Waals surface area contributed by atoms with Crippen LogP contribution in [0.1, 0.15) is 72.1 Å². The van der Waals surface area contributed by atoms with Crippen molar-refractivity contribution in [3.8, 4) is 0 Å². The van der Waals surface area contributed by atoms with Crippen LogP contribution >= 0.6 is 0 Å². The van der Waals surface area contributed by atoms with E-state index in [4.69, 9.17) is 4.74 Å². The summed E-state index contributed by atoms with van der Waals surface area (Å²) in [6, 6.07) is 0. The van der Waals surface area contributed by atoms with Gasteiger partial charge >= 0.3 is 0 Å². The molecule has 3 unspecified atom stereocenters. The van der Waals surface area contributed by atoms with Gasteiger partial charge in [0.15, 0.2) is 0 Å². The Bertz CT molecular complexity index is 346. The third kappa shape index (κ3) is 2.78. The van der Waals surface area contributed by atoms with E-state index in [-0.39, 0.29) is 6.10 Å². The lowest BCUT2D eigenvalue weighted by atomic mass is 9.39. The van der Waals surface area contributed by atoms with Gasteiger partial charge < -0.3 is 9.84 Å². The summed E-state index contributed by atoms with van der Waals surface area (Å²) in [5.41, 5.74) is 1.52. The van der Waals surface area contributed by atoms with Crippen molar-refractivity contribution in [2.45, 2.75) is 78.2 Å². The first-order valence-electron chi connectivity index (χ1n) is 8.62. The van der Waals surface area contributed by atoms with E-state index in [1.807, 2.05) is 0 Å². The van der Waals surface area contributed by atoms with Gasteiger partial charge in [0.05, 0.1) is 12.7 Å². The molecule has 4 aliphatic carbocycles. The van der Waals surface area contributed by atoms with Crippen LogP contribution < -0.4 is 0 Å². The van der Waals surface area contributed by atoms with Crippen molar-refractivity contribution in [2.24, 2.45) is 22.2 Å². The molecule has 0 aliphatic heterocycles. The normalized spacial score (nSPS) is 47.7. The monoisotopic (exact) mass is 280 g/mol. The number of hydrogen-bond acceptors (Lipinski definition) is 2. The van der Waals surface area contributed by atoms with Gasteiger partial charge in [0, 0.05) is 6.61 Å². The molecule has 4 aliphatic rings. The predicted octanol–water partition coefficient (Wildman–Crippen LogP) is 4.16. The molecule has 2 heteroatoms. The van der Waals surface area contributed by atoms with E-state index in [0.29, 0.717) is 22.9 Å². The lowest BCUT2D eigenvalue weighted by molar-refractivity contribution is -0.159. The van der Waals surface area contributed by atoms with Gasteiger partial charge in [-0.3, -0.25) is 0 Å². The molecule has 1 N–H and O–H groups in total. The second-order valence-corrected chi connectivity index (χ2v) is 9.06. The van der Waals surface area contributed by atoms with Crippen LogP contribution in [0.3, 0.4) is 0 Å². The Morgan fingerprint density at radius 1 is 1.10 bits per heavy atom.